The lowest BCUT2D eigenvalue weighted by atomic mass is 10.1. The molecule has 0 saturated heterocycles. The molecule has 0 radical (unpaired) electrons. The number of rotatable bonds is 3. The van der Waals surface area contributed by atoms with Crippen LogP contribution in [0.3, 0.4) is 0 Å². The van der Waals surface area contributed by atoms with E-state index in [0.717, 1.165) is 40.5 Å². The van der Waals surface area contributed by atoms with Crippen LogP contribution in [0.25, 0.3) is 0 Å². The first-order chi connectivity index (χ1) is 9.22. The number of halogens is 2. The van der Waals surface area contributed by atoms with Crippen molar-refractivity contribution in [2.24, 2.45) is 0 Å². The molecule has 1 N–H and O–H groups in total. The molecule has 98 valence electrons. The molecule has 1 heterocycles. The van der Waals surface area contributed by atoms with E-state index in [4.69, 9.17) is 16.3 Å². The molecule has 19 heavy (non-hydrogen) atoms. The quantitative estimate of drug-likeness (QED) is 0.879. The first-order valence-corrected chi connectivity index (χ1v) is 7.33. The molecule has 0 bridgehead atoms. The lowest BCUT2D eigenvalue weighted by Crippen LogP contribution is -2.00. The van der Waals surface area contributed by atoms with E-state index in [1.807, 2.05) is 24.3 Å². The van der Waals surface area contributed by atoms with Gasteiger partial charge in [0, 0.05) is 17.4 Å². The van der Waals surface area contributed by atoms with Crippen molar-refractivity contribution in [2.45, 2.75) is 13.0 Å². The lowest BCUT2D eigenvalue weighted by Gasteiger charge is -2.09. The van der Waals surface area contributed by atoms with E-state index in [1.165, 1.54) is 11.1 Å². The van der Waals surface area contributed by atoms with E-state index in [0.29, 0.717) is 0 Å². The van der Waals surface area contributed by atoms with Gasteiger partial charge in [0.05, 0.1) is 17.3 Å². The van der Waals surface area contributed by atoms with Crippen molar-refractivity contribution in [3.63, 3.8) is 0 Å². The highest BCUT2D eigenvalue weighted by Crippen LogP contribution is 2.28. The first-order valence-electron chi connectivity index (χ1n) is 6.16. The third-order valence-corrected chi connectivity index (χ3v) is 3.97. The molecule has 2 aromatic rings. The van der Waals surface area contributed by atoms with E-state index in [1.54, 1.807) is 0 Å². The summed E-state index contributed by atoms with van der Waals surface area (Å²) in [5, 5.41) is 4.08. The maximum absolute atomic E-state index is 6.18. The van der Waals surface area contributed by atoms with Crippen LogP contribution < -0.4 is 10.1 Å². The van der Waals surface area contributed by atoms with Crippen LogP contribution in [0.2, 0.25) is 5.02 Å². The molecule has 0 spiro atoms. The summed E-state index contributed by atoms with van der Waals surface area (Å²) >= 11 is 9.58. The van der Waals surface area contributed by atoms with Gasteiger partial charge in [0.1, 0.15) is 5.75 Å². The van der Waals surface area contributed by atoms with Gasteiger partial charge in [0.2, 0.25) is 0 Å². The van der Waals surface area contributed by atoms with Crippen LogP contribution in [0.5, 0.6) is 5.75 Å². The number of nitrogens with one attached hydrogen (secondary N) is 1. The van der Waals surface area contributed by atoms with Crippen molar-refractivity contribution in [3.05, 3.63) is 57.0 Å². The van der Waals surface area contributed by atoms with Gasteiger partial charge in [-0.1, -0.05) is 39.7 Å². The molecule has 0 amide bonds. The largest absolute Gasteiger partial charge is 0.493 e. The number of hydrogen-bond donors (Lipinski definition) is 1. The maximum Gasteiger partial charge on any atom is 0.122 e. The van der Waals surface area contributed by atoms with E-state index in [2.05, 4.69) is 33.4 Å². The second-order valence-electron chi connectivity index (χ2n) is 4.52. The normalized spacial score (nSPS) is 12.9. The predicted molar refractivity (Wildman–Crippen MR) is 82.1 cm³/mol. The Balaban J connectivity index is 1.72. The van der Waals surface area contributed by atoms with Crippen molar-refractivity contribution in [1.29, 1.82) is 0 Å². The van der Waals surface area contributed by atoms with Crippen molar-refractivity contribution in [2.75, 3.05) is 11.9 Å². The van der Waals surface area contributed by atoms with Crippen LogP contribution in [0.1, 0.15) is 11.1 Å². The molecular weight excluding hydrogens is 326 g/mol. The average Bonchev–Trinajstić information content (AvgIpc) is 2.85. The monoisotopic (exact) mass is 337 g/mol. The summed E-state index contributed by atoms with van der Waals surface area (Å²) in [7, 11) is 0. The Morgan fingerprint density at radius 2 is 2.11 bits per heavy atom. The number of hydrogen-bond acceptors (Lipinski definition) is 2. The van der Waals surface area contributed by atoms with E-state index in [-0.39, 0.29) is 0 Å². The number of benzene rings is 2. The molecule has 0 saturated carbocycles. The van der Waals surface area contributed by atoms with E-state index in [9.17, 15) is 0 Å². The van der Waals surface area contributed by atoms with Gasteiger partial charge in [-0.15, -0.1) is 0 Å². The summed E-state index contributed by atoms with van der Waals surface area (Å²) in [6, 6.07) is 12.2. The van der Waals surface area contributed by atoms with Gasteiger partial charge in [-0.05, 0) is 35.4 Å². The molecule has 3 rings (SSSR count). The Morgan fingerprint density at radius 3 is 2.95 bits per heavy atom. The average molecular weight is 339 g/mol. The van der Waals surface area contributed by atoms with Gasteiger partial charge in [0.25, 0.3) is 0 Å². The molecular formula is C15H13BrClNO. The minimum Gasteiger partial charge on any atom is -0.493 e. The van der Waals surface area contributed by atoms with Crippen LogP contribution in [-0.4, -0.2) is 6.61 Å². The third-order valence-electron chi connectivity index (χ3n) is 3.17. The van der Waals surface area contributed by atoms with Crippen LogP contribution in [0, 0.1) is 0 Å². The summed E-state index contributed by atoms with van der Waals surface area (Å²) in [5.41, 5.74) is 3.48. The lowest BCUT2D eigenvalue weighted by molar-refractivity contribution is 0.357. The fraction of sp³-hybridized carbons (Fsp3) is 0.200. The molecule has 4 heteroatoms. The van der Waals surface area contributed by atoms with Crippen molar-refractivity contribution in [3.8, 4) is 5.75 Å². The SMILES string of the molecule is Clc1cc(Br)ccc1NCc1ccc2c(c1)CCO2. The van der Waals surface area contributed by atoms with Crippen LogP contribution in [-0.2, 0) is 13.0 Å². The van der Waals surface area contributed by atoms with Gasteiger partial charge in [-0.25, -0.2) is 0 Å². The standard InChI is InChI=1S/C15H13BrClNO/c16-12-2-3-14(13(17)8-12)18-9-10-1-4-15-11(7-10)5-6-19-15/h1-4,7-8,18H,5-6,9H2. The van der Waals surface area contributed by atoms with Gasteiger partial charge >= 0.3 is 0 Å². The Labute approximate surface area is 125 Å². The first kappa shape index (κ1) is 12.8. The Hall–Kier alpha value is -1.19. The predicted octanol–water partition coefficient (Wildman–Crippen LogP) is 4.65. The minimum atomic E-state index is 0.721. The summed E-state index contributed by atoms with van der Waals surface area (Å²) in [6.45, 7) is 1.55. The summed E-state index contributed by atoms with van der Waals surface area (Å²) in [5.74, 6) is 1.02. The number of anilines is 1. The molecule has 0 fully saturated rings. The fourth-order valence-corrected chi connectivity index (χ4v) is 2.92. The molecule has 0 unspecified atom stereocenters. The topological polar surface area (TPSA) is 21.3 Å². The van der Waals surface area contributed by atoms with Crippen LogP contribution in [0.15, 0.2) is 40.9 Å². The number of ether oxygens (including phenoxy) is 1. The van der Waals surface area contributed by atoms with E-state index < -0.39 is 0 Å². The summed E-state index contributed by atoms with van der Waals surface area (Å²) < 4.78 is 6.49. The van der Waals surface area contributed by atoms with E-state index >= 15 is 0 Å². The van der Waals surface area contributed by atoms with Gasteiger partial charge in [0.15, 0.2) is 0 Å². The zero-order valence-corrected chi connectivity index (χ0v) is 12.6. The zero-order valence-electron chi connectivity index (χ0n) is 10.2. The highest BCUT2D eigenvalue weighted by molar-refractivity contribution is 9.10. The molecule has 0 atom stereocenters. The van der Waals surface area contributed by atoms with Crippen molar-refractivity contribution in [1.82, 2.24) is 0 Å². The molecule has 0 aromatic heterocycles. The molecule has 2 nitrogen and oxygen atoms in total. The zero-order chi connectivity index (χ0) is 13.2. The minimum absolute atomic E-state index is 0.721. The molecule has 0 aliphatic carbocycles. The maximum atomic E-state index is 6.18. The van der Waals surface area contributed by atoms with Crippen molar-refractivity contribution < 1.29 is 4.74 Å². The Bertz CT molecular complexity index is 615. The summed E-state index contributed by atoms with van der Waals surface area (Å²) in [6.07, 6.45) is 1.00. The smallest absolute Gasteiger partial charge is 0.122 e. The van der Waals surface area contributed by atoms with Gasteiger partial charge in [-0.2, -0.15) is 0 Å². The van der Waals surface area contributed by atoms with Crippen LogP contribution >= 0.6 is 27.5 Å². The number of fused-ring (bicyclic) bond motifs is 1. The summed E-state index contributed by atoms with van der Waals surface area (Å²) in [4.78, 5) is 0. The Kier molecular flexibility index (Phi) is 3.67. The van der Waals surface area contributed by atoms with Crippen molar-refractivity contribution >= 4 is 33.2 Å². The third kappa shape index (κ3) is 2.88. The molecule has 1 aliphatic rings. The Morgan fingerprint density at radius 1 is 1.21 bits per heavy atom. The highest BCUT2D eigenvalue weighted by atomic mass is 79.9. The molecule has 2 aromatic carbocycles. The molecule has 1 aliphatic heterocycles. The van der Waals surface area contributed by atoms with Gasteiger partial charge < -0.3 is 10.1 Å². The second kappa shape index (κ2) is 5.43. The van der Waals surface area contributed by atoms with Crippen LogP contribution in [0.4, 0.5) is 5.69 Å². The second-order valence-corrected chi connectivity index (χ2v) is 5.84. The highest BCUT2D eigenvalue weighted by Gasteiger charge is 2.11. The van der Waals surface area contributed by atoms with Gasteiger partial charge in [-0.3, -0.25) is 0 Å². The fourth-order valence-electron chi connectivity index (χ4n) is 2.18.